The van der Waals surface area contributed by atoms with Crippen molar-refractivity contribution in [2.24, 2.45) is 10.2 Å². The quantitative estimate of drug-likeness (QED) is 0.456. The SMILES string of the molecule is O=C(O)CCc1ccc(N=Nc2cc3c(cc2O)OCO3)c([N+](=O)[O-])c1. The largest absolute Gasteiger partial charge is 0.505 e. The van der Waals surface area contributed by atoms with E-state index >= 15 is 0 Å². The van der Waals surface area contributed by atoms with Crippen LogP contribution in [-0.4, -0.2) is 27.9 Å². The number of benzene rings is 2. The third kappa shape index (κ3) is 3.69. The zero-order valence-corrected chi connectivity index (χ0v) is 13.3. The topological polar surface area (TPSA) is 144 Å². The number of carboxylic acid groups (broad SMARTS) is 1. The van der Waals surface area contributed by atoms with Crippen LogP contribution in [0.2, 0.25) is 0 Å². The van der Waals surface area contributed by atoms with Crippen molar-refractivity contribution in [3.8, 4) is 17.2 Å². The number of aryl methyl sites for hydroxylation is 1. The first-order chi connectivity index (χ1) is 12.4. The number of nitro groups is 1. The molecule has 3 rings (SSSR count). The van der Waals surface area contributed by atoms with Gasteiger partial charge in [0, 0.05) is 24.6 Å². The molecule has 0 atom stereocenters. The predicted molar refractivity (Wildman–Crippen MR) is 87.5 cm³/mol. The first kappa shape index (κ1) is 17.1. The molecule has 0 saturated heterocycles. The van der Waals surface area contributed by atoms with Gasteiger partial charge >= 0.3 is 5.97 Å². The van der Waals surface area contributed by atoms with E-state index in [1.165, 1.54) is 24.3 Å². The second-order valence-electron chi connectivity index (χ2n) is 5.37. The number of fused-ring (bicyclic) bond motifs is 1. The Morgan fingerprint density at radius 1 is 1.15 bits per heavy atom. The minimum atomic E-state index is -0.991. The van der Waals surface area contributed by atoms with Crippen LogP contribution >= 0.6 is 0 Å². The van der Waals surface area contributed by atoms with E-state index in [9.17, 15) is 20.0 Å². The summed E-state index contributed by atoms with van der Waals surface area (Å²) in [6, 6.07) is 6.91. The number of ether oxygens (including phenoxy) is 2. The van der Waals surface area contributed by atoms with E-state index in [0.29, 0.717) is 17.1 Å². The lowest BCUT2D eigenvalue weighted by Gasteiger charge is -2.03. The van der Waals surface area contributed by atoms with E-state index in [0.717, 1.165) is 0 Å². The lowest BCUT2D eigenvalue weighted by atomic mass is 10.1. The van der Waals surface area contributed by atoms with Crippen LogP contribution in [-0.2, 0) is 11.2 Å². The van der Waals surface area contributed by atoms with Crippen molar-refractivity contribution in [3.63, 3.8) is 0 Å². The third-order valence-electron chi connectivity index (χ3n) is 3.60. The van der Waals surface area contributed by atoms with E-state index in [4.69, 9.17) is 14.6 Å². The van der Waals surface area contributed by atoms with Crippen molar-refractivity contribution < 1.29 is 29.4 Å². The molecule has 2 aromatic carbocycles. The maximum Gasteiger partial charge on any atom is 0.303 e. The highest BCUT2D eigenvalue weighted by atomic mass is 16.7. The average molecular weight is 359 g/mol. The van der Waals surface area contributed by atoms with E-state index < -0.39 is 10.9 Å². The molecule has 2 aromatic rings. The molecule has 1 heterocycles. The Kier molecular flexibility index (Phi) is 4.65. The fourth-order valence-corrected chi connectivity index (χ4v) is 2.31. The van der Waals surface area contributed by atoms with Gasteiger partial charge in [-0.25, -0.2) is 0 Å². The molecule has 26 heavy (non-hydrogen) atoms. The van der Waals surface area contributed by atoms with Crippen LogP contribution in [0.3, 0.4) is 0 Å². The number of rotatable bonds is 6. The van der Waals surface area contributed by atoms with Crippen molar-refractivity contribution in [1.82, 2.24) is 0 Å². The van der Waals surface area contributed by atoms with Gasteiger partial charge in [-0.1, -0.05) is 6.07 Å². The fraction of sp³-hybridized carbons (Fsp3) is 0.188. The second kappa shape index (κ2) is 7.05. The van der Waals surface area contributed by atoms with Gasteiger partial charge in [0.25, 0.3) is 5.69 Å². The molecule has 1 aliphatic heterocycles. The number of azo groups is 1. The van der Waals surface area contributed by atoms with Crippen LogP contribution < -0.4 is 9.47 Å². The molecule has 2 N–H and O–H groups in total. The van der Waals surface area contributed by atoms with Gasteiger partial charge in [0.2, 0.25) is 6.79 Å². The summed E-state index contributed by atoms with van der Waals surface area (Å²) in [7, 11) is 0. The summed E-state index contributed by atoms with van der Waals surface area (Å²) in [5.41, 5.74) is 0.241. The smallest absolute Gasteiger partial charge is 0.303 e. The molecule has 0 unspecified atom stereocenters. The van der Waals surface area contributed by atoms with Crippen LogP contribution in [0.4, 0.5) is 17.1 Å². The highest BCUT2D eigenvalue weighted by Crippen LogP contribution is 2.42. The molecule has 1 aliphatic rings. The molecule has 0 amide bonds. The number of nitrogens with zero attached hydrogens (tertiary/aromatic N) is 3. The second-order valence-corrected chi connectivity index (χ2v) is 5.37. The molecule has 0 aromatic heterocycles. The Hall–Kier alpha value is -3.69. The molecule has 0 saturated carbocycles. The van der Waals surface area contributed by atoms with Crippen molar-refractivity contribution in [2.45, 2.75) is 12.8 Å². The molecule has 0 fully saturated rings. The summed E-state index contributed by atoms with van der Waals surface area (Å²) in [5.74, 6) is -0.445. The molecule has 0 aliphatic carbocycles. The summed E-state index contributed by atoms with van der Waals surface area (Å²) in [6.07, 6.45) is 0.0274. The molecule has 0 bridgehead atoms. The zero-order valence-electron chi connectivity index (χ0n) is 13.3. The summed E-state index contributed by atoms with van der Waals surface area (Å²) < 4.78 is 10.3. The van der Waals surface area contributed by atoms with Gasteiger partial charge in [-0.3, -0.25) is 14.9 Å². The molecule has 10 nitrogen and oxygen atoms in total. The molecular formula is C16H13N3O7. The zero-order chi connectivity index (χ0) is 18.7. The highest BCUT2D eigenvalue weighted by molar-refractivity contribution is 5.67. The van der Waals surface area contributed by atoms with Crippen LogP contribution in [0, 0.1) is 10.1 Å². The van der Waals surface area contributed by atoms with Gasteiger partial charge < -0.3 is 19.7 Å². The number of nitro benzene ring substituents is 1. The minimum Gasteiger partial charge on any atom is -0.505 e. The van der Waals surface area contributed by atoms with Gasteiger partial charge in [0.05, 0.1) is 4.92 Å². The van der Waals surface area contributed by atoms with Gasteiger partial charge in [-0.2, -0.15) is 0 Å². The number of phenols is 1. The van der Waals surface area contributed by atoms with Crippen LogP contribution in [0.5, 0.6) is 17.2 Å². The first-order valence-electron chi connectivity index (χ1n) is 7.47. The normalized spacial score (nSPS) is 12.5. The number of phenolic OH excluding ortho intramolecular Hbond substituents is 1. The number of aliphatic carboxylic acids is 1. The van der Waals surface area contributed by atoms with Crippen LogP contribution in [0.15, 0.2) is 40.6 Å². The summed E-state index contributed by atoms with van der Waals surface area (Å²) in [6.45, 7) is 0.0264. The highest BCUT2D eigenvalue weighted by Gasteiger charge is 2.18. The molecule has 134 valence electrons. The minimum absolute atomic E-state index is 0.0221. The first-order valence-corrected chi connectivity index (χ1v) is 7.47. The fourth-order valence-electron chi connectivity index (χ4n) is 2.31. The molecular weight excluding hydrogens is 346 g/mol. The van der Waals surface area contributed by atoms with E-state index in [2.05, 4.69) is 10.2 Å². The van der Waals surface area contributed by atoms with Crippen LogP contribution in [0.25, 0.3) is 0 Å². The van der Waals surface area contributed by atoms with Crippen molar-refractivity contribution >= 4 is 23.0 Å². The number of aromatic hydroxyl groups is 1. The maximum atomic E-state index is 11.2. The van der Waals surface area contributed by atoms with Crippen molar-refractivity contribution in [3.05, 3.63) is 46.0 Å². The maximum absolute atomic E-state index is 11.2. The Morgan fingerprint density at radius 3 is 2.54 bits per heavy atom. The Labute approximate surface area is 146 Å². The molecule has 0 radical (unpaired) electrons. The number of hydrogen-bond acceptors (Lipinski definition) is 8. The number of carbonyl (C=O) groups is 1. The lowest BCUT2D eigenvalue weighted by Crippen LogP contribution is -1.98. The lowest BCUT2D eigenvalue weighted by molar-refractivity contribution is -0.384. The van der Waals surface area contributed by atoms with E-state index in [1.807, 2.05) is 0 Å². The number of carboxylic acids is 1. The standard InChI is InChI=1S/C16H13N3O7/c20-13-7-15-14(25-8-26-15)6-11(13)18-17-10-3-1-9(2-4-16(21)22)5-12(10)19(23)24/h1,3,5-7,20H,2,4,8H2,(H,21,22). The molecule has 0 spiro atoms. The van der Waals surface area contributed by atoms with Gasteiger partial charge in [0.15, 0.2) is 17.2 Å². The van der Waals surface area contributed by atoms with Crippen molar-refractivity contribution in [1.29, 1.82) is 0 Å². The Balaban J connectivity index is 1.88. The van der Waals surface area contributed by atoms with E-state index in [-0.39, 0.29) is 42.4 Å². The monoisotopic (exact) mass is 359 g/mol. The van der Waals surface area contributed by atoms with Crippen molar-refractivity contribution in [2.75, 3.05) is 6.79 Å². The summed E-state index contributed by atoms with van der Waals surface area (Å²) in [4.78, 5) is 21.2. The van der Waals surface area contributed by atoms with Crippen LogP contribution in [0.1, 0.15) is 12.0 Å². The average Bonchev–Trinajstić information content (AvgIpc) is 3.05. The summed E-state index contributed by atoms with van der Waals surface area (Å²) in [5, 5.41) is 37.5. The third-order valence-corrected chi connectivity index (χ3v) is 3.60. The van der Waals surface area contributed by atoms with Gasteiger partial charge in [-0.05, 0) is 18.1 Å². The van der Waals surface area contributed by atoms with Gasteiger partial charge in [0.1, 0.15) is 11.4 Å². The molecule has 10 heteroatoms. The Morgan fingerprint density at radius 2 is 1.85 bits per heavy atom. The summed E-state index contributed by atoms with van der Waals surface area (Å²) >= 11 is 0. The number of hydrogen-bond donors (Lipinski definition) is 2. The Bertz CT molecular complexity index is 911. The van der Waals surface area contributed by atoms with Gasteiger partial charge in [-0.15, -0.1) is 10.2 Å². The van der Waals surface area contributed by atoms with E-state index in [1.54, 1.807) is 6.07 Å². The predicted octanol–water partition coefficient (Wildman–Crippen LogP) is 3.46.